The van der Waals surface area contributed by atoms with Crippen LogP contribution in [0, 0.1) is 0 Å². The highest BCUT2D eigenvalue weighted by atomic mass is 32.2. The van der Waals surface area contributed by atoms with Crippen LogP contribution in [0.2, 0.25) is 0 Å². The number of ether oxygens (including phenoxy) is 2. The summed E-state index contributed by atoms with van der Waals surface area (Å²) in [6.45, 7) is 0. The van der Waals surface area contributed by atoms with Crippen molar-refractivity contribution < 1.29 is 9.47 Å². The molecule has 4 aromatic carbocycles. The van der Waals surface area contributed by atoms with Crippen molar-refractivity contribution >= 4 is 34.9 Å². The second-order valence-corrected chi connectivity index (χ2v) is 8.89. The Kier molecular flexibility index (Phi) is 3.96. The number of rotatable bonds is 2. The molecule has 1 N–H and O–H groups in total. The Hall–Kier alpha value is -3.02. The average molecular weight is 414 g/mol. The molecule has 140 valence electrons. The standard InChI is InChI=1S/C24H15NO2S2/c1-2-8-18-17(7-1)26-19-9-5-6-16(24(19)27-18)25-15-12-13-22-23(14-15)29-21-11-4-3-10-20(21)28-22/h1-14,25H. The molecule has 2 heterocycles. The Morgan fingerprint density at radius 1 is 0.552 bits per heavy atom. The lowest BCUT2D eigenvalue weighted by Gasteiger charge is -2.23. The Balaban J connectivity index is 1.32. The molecule has 0 atom stereocenters. The average Bonchev–Trinajstić information content (AvgIpc) is 2.76. The first-order valence-electron chi connectivity index (χ1n) is 9.27. The minimum atomic E-state index is 0.705. The first kappa shape index (κ1) is 16.9. The minimum Gasteiger partial charge on any atom is -0.449 e. The van der Waals surface area contributed by atoms with Crippen LogP contribution in [0.15, 0.2) is 105 Å². The van der Waals surface area contributed by atoms with E-state index in [1.807, 2.05) is 66.0 Å². The van der Waals surface area contributed by atoms with Crippen LogP contribution in [0.1, 0.15) is 0 Å². The zero-order chi connectivity index (χ0) is 19.2. The summed E-state index contributed by atoms with van der Waals surface area (Å²) in [5, 5.41) is 3.51. The van der Waals surface area contributed by atoms with Crippen molar-refractivity contribution in [1.29, 1.82) is 0 Å². The lowest BCUT2D eigenvalue weighted by Crippen LogP contribution is -2.02. The molecule has 0 amide bonds. The van der Waals surface area contributed by atoms with E-state index in [0.717, 1.165) is 22.9 Å². The maximum absolute atomic E-state index is 6.14. The lowest BCUT2D eigenvalue weighted by molar-refractivity contribution is 0.361. The maximum atomic E-state index is 6.14. The van der Waals surface area contributed by atoms with Crippen molar-refractivity contribution in [2.75, 3.05) is 5.32 Å². The Labute approximate surface area is 177 Å². The van der Waals surface area contributed by atoms with Crippen molar-refractivity contribution in [1.82, 2.24) is 0 Å². The van der Waals surface area contributed by atoms with Crippen LogP contribution in [0.25, 0.3) is 0 Å². The smallest absolute Gasteiger partial charge is 0.193 e. The SMILES string of the molecule is c1ccc2c(c1)Oc1cccc(Nc3ccc4c(c3)Sc3ccccc3S4)c1O2. The van der Waals surface area contributed by atoms with E-state index < -0.39 is 0 Å². The van der Waals surface area contributed by atoms with Gasteiger partial charge in [0, 0.05) is 25.3 Å². The highest BCUT2D eigenvalue weighted by molar-refractivity contribution is 8.05. The van der Waals surface area contributed by atoms with Crippen molar-refractivity contribution in [3.63, 3.8) is 0 Å². The number of nitrogens with one attached hydrogen (secondary N) is 1. The van der Waals surface area contributed by atoms with Gasteiger partial charge in [-0.25, -0.2) is 0 Å². The van der Waals surface area contributed by atoms with Crippen LogP contribution in [0.5, 0.6) is 23.0 Å². The van der Waals surface area contributed by atoms with Gasteiger partial charge in [-0.05, 0) is 54.6 Å². The molecule has 0 aliphatic carbocycles. The molecule has 0 saturated carbocycles. The first-order valence-corrected chi connectivity index (χ1v) is 10.9. The Morgan fingerprint density at radius 2 is 1.21 bits per heavy atom. The van der Waals surface area contributed by atoms with Gasteiger partial charge in [0.1, 0.15) is 0 Å². The van der Waals surface area contributed by atoms with Crippen LogP contribution in [-0.4, -0.2) is 0 Å². The molecule has 0 spiro atoms. The molecule has 3 nitrogen and oxygen atoms in total. The molecule has 0 saturated heterocycles. The first-order chi connectivity index (χ1) is 14.3. The van der Waals surface area contributed by atoms with E-state index in [1.54, 1.807) is 0 Å². The van der Waals surface area contributed by atoms with Gasteiger partial charge in [-0.15, -0.1) is 0 Å². The third-order valence-corrected chi connectivity index (χ3v) is 7.32. The van der Waals surface area contributed by atoms with Gasteiger partial charge >= 0.3 is 0 Å². The van der Waals surface area contributed by atoms with Crippen molar-refractivity contribution in [2.45, 2.75) is 19.6 Å². The summed E-state index contributed by atoms with van der Waals surface area (Å²) in [4.78, 5) is 5.15. The molecule has 2 aliphatic heterocycles. The molecule has 29 heavy (non-hydrogen) atoms. The number of hydrogen-bond acceptors (Lipinski definition) is 5. The molecule has 0 fully saturated rings. The highest BCUT2D eigenvalue weighted by Gasteiger charge is 2.22. The fraction of sp³-hybridized carbons (Fsp3) is 0. The van der Waals surface area contributed by atoms with Crippen LogP contribution >= 0.6 is 23.5 Å². The topological polar surface area (TPSA) is 30.5 Å². The Bertz CT molecular complexity index is 1260. The predicted octanol–water partition coefficient (Wildman–Crippen LogP) is 7.94. The van der Waals surface area contributed by atoms with Crippen molar-refractivity contribution in [3.8, 4) is 23.0 Å². The van der Waals surface area contributed by atoms with E-state index in [0.29, 0.717) is 11.5 Å². The number of anilines is 2. The summed E-state index contributed by atoms with van der Waals surface area (Å²) in [5.41, 5.74) is 1.90. The molecule has 0 radical (unpaired) electrons. The number of fused-ring (bicyclic) bond motifs is 4. The van der Waals surface area contributed by atoms with E-state index in [-0.39, 0.29) is 0 Å². The van der Waals surface area contributed by atoms with E-state index in [4.69, 9.17) is 9.47 Å². The number of benzene rings is 4. The van der Waals surface area contributed by atoms with Gasteiger partial charge < -0.3 is 14.8 Å². The normalized spacial score (nSPS) is 13.1. The second-order valence-electron chi connectivity index (χ2n) is 6.72. The number of hydrogen-bond donors (Lipinski definition) is 1. The molecule has 5 heteroatoms. The summed E-state index contributed by atoms with van der Waals surface area (Å²) >= 11 is 3.63. The van der Waals surface area contributed by atoms with Crippen LogP contribution in [-0.2, 0) is 0 Å². The Morgan fingerprint density at radius 3 is 2.03 bits per heavy atom. The lowest BCUT2D eigenvalue weighted by atomic mass is 10.2. The molecular weight excluding hydrogens is 398 g/mol. The summed E-state index contributed by atoms with van der Waals surface area (Å²) in [5.74, 6) is 2.88. The summed E-state index contributed by atoms with van der Waals surface area (Å²) < 4.78 is 12.2. The molecule has 6 rings (SSSR count). The zero-order valence-electron chi connectivity index (χ0n) is 15.2. The highest BCUT2D eigenvalue weighted by Crippen LogP contribution is 2.51. The van der Waals surface area contributed by atoms with Gasteiger partial charge in [-0.3, -0.25) is 0 Å². The molecular formula is C24H15NO2S2. The molecule has 0 unspecified atom stereocenters. The molecule has 4 aromatic rings. The van der Waals surface area contributed by atoms with Crippen LogP contribution in [0.3, 0.4) is 0 Å². The third kappa shape index (κ3) is 3.03. The summed E-state index contributed by atoms with van der Waals surface area (Å²) in [6.07, 6.45) is 0. The maximum Gasteiger partial charge on any atom is 0.193 e. The van der Waals surface area contributed by atoms with Gasteiger partial charge in [0.2, 0.25) is 0 Å². The van der Waals surface area contributed by atoms with Gasteiger partial charge in [0.15, 0.2) is 23.0 Å². The minimum absolute atomic E-state index is 0.705. The number of para-hydroxylation sites is 3. The van der Waals surface area contributed by atoms with E-state index in [2.05, 4.69) is 47.8 Å². The van der Waals surface area contributed by atoms with E-state index in [1.165, 1.54) is 19.6 Å². The molecule has 2 aliphatic rings. The quantitative estimate of drug-likeness (QED) is 0.311. The fourth-order valence-corrected chi connectivity index (χ4v) is 5.66. The largest absolute Gasteiger partial charge is 0.449 e. The van der Waals surface area contributed by atoms with Crippen molar-refractivity contribution in [2.24, 2.45) is 0 Å². The summed E-state index contributed by atoms with van der Waals surface area (Å²) in [6, 6.07) is 28.6. The predicted molar refractivity (Wildman–Crippen MR) is 117 cm³/mol. The van der Waals surface area contributed by atoms with Gasteiger partial charge in [-0.1, -0.05) is 53.9 Å². The molecule has 0 bridgehead atoms. The van der Waals surface area contributed by atoms with E-state index in [9.17, 15) is 0 Å². The monoisotopic (exact) mass is 413 g/mol. The van der Waals surface area contributed by atoms with Crippen LogP contribution < -0.4 is 14.8 Å². The van der Waals surface area contributed by atoms with Crippen LogP contribution in [0.4, 0.5) is 11.4 Å². The molecule has 0 aromatic heterocycles. The van der Waals surface area contributed by atoms with Crippen molar-refractivity contribution in [3.05, 3.63) is 84.9 Å². The fourth-order valence-electron chi connectivity index (χ4n) is 3.41. The summed E-state index contributed by atoms with van der Waals surface area (Å²) in [7, 11) is 0. The zero-order valence-corrected chi connectivity index (χ0v) is 16.8. The van der Waals surface area contributed by atoms with E-state index >= 15 is 0 Å². The van der Waals surface area contributed by atoms with Gasteiger partial charge in [0.25, 0.3) is 0 Å². The second kappa shape index (κ2) is 6.79. The van der Waals surface area contributed by atoms with Gasteiger partial charge in [-0.2, -0.15) is 0 Å². The third-order valence-electron chi connectivity index (χ3n) is 4.77. The van der Waals surface area contributed by atoms with Gasteiger partial charge in [0.05, 0.1) is 5.69 Å².